The fourth-order valence-corrected chi connectivity index (χ4v) is 4.41. The highest BCUT2D eigenvalue weighted by molar-refractivity contribution is 7.92. The maximum atomic E-state index is 13.2. The summed E-state index contributed by atoms with van der Waals surface area (Å²) < 4.78 is 28.9. The number of nitriles is 1. The van der Waals surface area contributed by atoms with E-state index in [-0.39, 0.29) is 16.1 Å². The fourth-order valence-electron chi connectivity index (χ4n) is 3.00. The van der Waals surface area contributed by atoms with Crippen LogP contribution in [0.25, 0.3) is 11.1 Å². The summed E-state index contributed by atoms with van der Waals surface area (Å²) in [5.74, 6) is -1.21. The maximum absolute atomic E-state index is 13.2. The highest BCUT2D eigenvalue weighted by Crippen LogP contribution is 2.31. The van der Waals surface area contributed by atoms with E-state index in [1.165, 1.54) is 18.2 Å². The molecule has 2 N–H and O–H groups in total. The Balaban J connectivity index is 2.13. The molecule has 3 aromatic rings. The third-order valence-corrected chi connectivity index (χ3v) is 5.91. The number of anilines is 1. The molecule has 0 heterocycles. The van der Waals surface area contributed by atoms with Crippen LogP contribution in [0.2, 0.25) is 0 Å². The molecule has 0 amide bonds. The molecule has 0 unspecified atom stereocenters. The number of aromatic carboxylic acids is 1. The summed E-state index contributed by atoms with van der Waals surface area (Å²) in [7, 11) is -4.09. The van der Waals surface area contributed by atoms with Gasteiger partial charge in [-0.3, -0.25) is 4.72 Å². The Labute approximate surface area is 169 Å². The second kappa shape index (κ2) is 8.17. The van der Waals surface area contributed by atoms with Gasteiger partial charge in [0.05, 0.1) is 27.8 Å². The first-order chi connectivity index (χ1) is 13.9. The van der Waals surface area contributed by atoms with Gasteiger partial charge in [-0.25, -0.2) is 13.2 Å². The van der Waals surface area contributed by atoms with Crippen molar-refractivity contribution in [3.63, 3.8) is 0 Å². The molecule has 6 nitrogen and oxygen atoms in total. The molecular formula is C22H18N2O4S. The summed E-state index contributed by atoms with van der Waals surface area (Å²) in [6.45, 7) is 1.79. The van der Waals surface area contributed by atoms with E-state index in [2.05, 4.69) is 4.72 Å². The van der Waals surface area contributed by atoms with E-state index in [0.29, 0.717) is 23.1 Å². The van der Waals surface area contributed by atoms with Gasteiger partial charge in [0.1, 0.15) is 0 Å². The highest BCUT2D eigenvalue weighted by Gasteiger charge is 2.22. The van der Waals surface area contributed by atoms with Gasteiger partial charge in [0.25, 0.3) is 10.0 Å². The number of benzene rings is 3. The zero-order chi connectivity index (χ0) is 21.0. The third kappa shape index (κ3) is 4.28. The number of hydrogen-bond donors (Lipinski definition) is 2. The Morgan fingerprint density at radius 2 is 1.79 bits per heavy atom. The predicted octanol–water partition coefficient (Wildman–Crippen LogP) is 4.29. The molecule has 0 saturated heterocycles. The molecule has 0 spiro atoms. The molecule has 0 aromatic heterocycles. The number of sulfonamides is 1. The van der Waals surface area contributed by atoms with Crippen LogP contribution < -0.4 is 4.72 Å². The zero-order valence-electron chi connectivity index (χ0n) is 15.6. The standard InChI is InChI=1S/C22H18N2O4S/c1-2-16-9-10-18(22(25)26)13-21(16)29(27,28)24-20-12-15(14-23)8-11-19(20)17-6-4-3-5-7-17/h3-13,24H,2H2,1H3,(H,25,26). The van der Waals surface area contributed by atoms with Crippen molar-refractivity contribution < 1.29 is 18.3 Å². The fraction of sp³-hybridized carbons (Fsp3) is 0.0909. The Morgan fingerprint density at radius 3 is 2.41 bits per heavy atom. The van der Waals surface area contributed by atoms with E-state index in [0.717, 1.165) is 11.6 Å². The monoisotopic (exact) mass is 406 g/mol. The molecule has 0 aliphatic rings. The van der Waals surface area contributed by atoms with Gasteiger partial charge in [-0.2, -0.15) is 5.26 Å². The lowest BCUT2D eigenvalue weighted by atomic mass is 10.0. The van der Waals surface area contributed by atoms with Gasteiger partial charge in [-0.05, 0) is 41.8 Å². The van der Waals surface area contributed by atoms with E-state index in [4.69, 9.17) is 0 Å². The first-order valence-electron chi connectivity index (χ1n) is 8.84. The van der Waals surface area contributed by atoms with Crippen LogP contribution >= 0.6 is 0 Å². The van der Waals surface area contributed by atoms with Crippen molar-refractivity contribution in [3.05, 3.63) is 83.4 Å². The molecule has 0 fully saturated rings. The molecule has 3 aromatic carbocycles. The topological polar surface area (TPSA) is 107 Å². The number of carboxylic acids is 1. The summed E-state index contributed by atoms with van der Waals surface area (Å²) in [6.07, 6.45) is 0.417. The molecule has 0 radical (unpaired) electrons. The first kappa shape index (κ1) is 20.1. The Morgan fingerprint density at radius 1 is 1.07 bits per heavy atom. The third-order valence-electron chi connectivity index (χ3n) is 4.46. The van der Waals surface area contributed by atoms with E-state index in [1.807, 2.05) is 36.4 Å². The van der Waals surface area contributed by atoms with Crippen LogP contribution in [0, 0.1) is 11.3 Å². The van der Waals surface area contributed by atoms with Crippen LogP contribution in [0.1, 0.15) is 28.4 Å². The molecular weight excluding hydrogens is 388 g/mol. The lowest BCUT2D eigenvalue weighted by Crippen LogP contribution is -2.16. The van der Waals surface area contributed by atoms with Gasteiger partial charge in [0, 0.05) is 5.56 Å². The van der Waals surface area contributed by atoms with Gasteiger partial charge in [0.15, 0.2) is 0 Å². The van der Waals surface area contributed by atoms with Crippen LogP contribution in [0.4, 0.5) is 5.69 Å². The van der Waals surface area contributed by atoms with Crippen molar-refractivity contribution in [1.29, 1.82) is 5.26 Å². The highest BCUT2D eigenvalue weighted by atomic mass is 32.2. The summed E-state index contributed by atoms with van der Waals surface area (Å²) in [6, 6.07) is 20.0. The Bertz CT molecular complexity index is 1210. The Hall–Kier alpha value is -3.63. The summed E-state index contributed by atoms with van der Waals surface area (Å²) in [4.78, 5) is 11.2. The molecule has 7 heteroatoms. The van der Waals surface area contributed by atoms with Crippen LogP contribution in [-0.4, -0.2) is 19.5 Å². The van der Waals surface area contributed by atoms with E-state index in [9.17, 15) is 23.6 Å². The Kier molecular flexibility index (Phi) is 5.66. The second-order valence-electron chi connectivity index (χ2n) is 6.32. The molecule has 0 aliphatic carbocycles. The molecule has 3 rings (SSSR count). The van der Waals surface area contributed by atoms with Gasteiger partial charge in [-0.15, -0.1) is 0 Å². The van der Waals surface area contributed by atoms with Crippen LogP contribution in [0.3, 0.4) is 0 Å². The maximum Gasteiger partial charge on any atom is 0.335 e. The summed E-state index contributed by atoms with van der Waals surface area (Å²) in [5.41, 5.74) is 2.33. The quantitative estimate of drug-likeness (QED) is 0.635. The smallest absolute Gasteiger partial charge is 0.335 e. The first-order valence-corrected chi connectivity index (χ1v) is 10.3. The molecule has 29 heavy (non-hydrogen) atoms. The lowest BCUT2D eigenvalue weighted by molar-refractivity contribution is 0.0696. The second-order valence-corrected chi connectivity index (χ2v) is 7.98. The van der Waals surface area contributed by atoms with Crippen molar-refractivity contribution in [3.8, 4) is 17.2 Å². The van der Waals surface area contributed by atoms with Crippen LogP contribution in [-0.2, 0) is 16.4 Å². The lowest BCUT2D eigenvalue weighted by Gasteiger charge is -2.15. The molecule has 0 atom stereocenters. The minimum Gasteiger partial charge on any atom is -0.478 e. The van der Waals surface area contributed by atoms with Gasteiger partial charge >= 0.3 is 5.97 Å². The van der Waals surface area contributed by atoms with Crippen molar-refractivity contribution in [2.45, 2.75) is 18.2 Å². The van der Waals surface area contributed by atoms with Gasteiger partial charge < -0.3 is 5.11 Å². The number of aryl methyl sites for hydroxylation is 1. The van der Waals surface area contributed by atoms with Crippen molar-refractivity contribution in [1.82, 2.24) is 0 Å². The van der Waals surface area contributed by atoms with Crippen LogP contribution in [0.5, 0.6) is 0 Å². The number of nitrogens with zero attached hydrogens (tertiary/aromatic N) is 1. The summed E-state index contributed by atoms with van der Waals surface area (Å²) in [5, 5.41) is 18.5. The van der Waals surface area contributed by atoms with E-state index in [1.54, 1.807) is 19.1 Å². The van der Waals surface area contributed by atoms with Gasteiger partial charge in [-0.1, -0.05) is 49.4 Å². The largest absolute Gasteiger partial charge is 0.478 e. The molecule has 0 aliphatic heterocycles. The SMILES string of the molecule is CCc1ccc(C(=O)O)cc1S(=O)(=O)Nc1cc(C#N)ccc1-c1ccccc1. The summed E-state index contributed by atoms with van der Waals surface area (Å²) >= 11 is 0. The number of carboxylic acid groups (broad SMARTS) is 1. The normalized spacial score (nSPS) is 10.9. The van der Waals surface area contributed by atoms with Crippen LogP contribution in [0.15, 0.2) is 71.6 Å². The minimum absolute atomic E-state index is 0.0960. The average Bonchev–Trinajstić information content (AvgIpc) is 2.73. The number of rotatable bonds is 6. The van der Waals surface area contributed by atoms with Crippen molar-refractivity contribution >= 4 is 21.7 Å². The average molecular weight is 406 g/mol. The number of hydrogen-bond acceptors (Lipinski definition) is 4. The van der Waals surface area contributed by atoms with Gasteiger partial charge in [0.2, 0.25) is 0 Å². The zero-order valence-corrected chi connectivity index (χ0v) is 16.4. The van der Waals surface area contributed by atoms with Crippen molar-refractivity contribution in [2.24, 2.45) is 0 Å². The van der Waals surface area contributed by atoms with E-state index >= 15 is 0 Å². The predicted molar refractivity (Wildman–Crippen MR) is 110 cm³/mol. The molecule has 0 saturated carbocycles. The molecule has 0 bridgehead atoms. The number of carbonyl (C=O) groups is 1. The van der Waals surface area contributed by atoms with Crippen molar-refractivity contribution in [2.75, 3.05) is 4.72 Å². The van der Waals surface area contributed by atoms with E-state index < -0.39 is 16.0 Å². The molecule has 146 valence electrons. The number of nitrogens with one attached hydrogen (secondary N) is 1. The minimum atomic E-state index is -4.09.